The number of aromatic nitrogens is 1. The summed E-state index contributed by atoms with van der Waals surface area (Å²) < 4.78 is 56.2. The molecule has 0 saturated heterocycles. The predicted octanol–water partition coefficient (Wildman–Crippen LogP) is 7.55. The fraction of sp³-hybridized carbons (Fsp3) is 0.419. The van der Waals surface area contributed by atoms with Crippen molar-refractivity contribution in [3.63, 3.8) is 0 Å². The Bertz CT molecular complexity index is 1420. The highest BCUT2D eigenvalue weighted by Crippen LogP contribution is 2.51. The minimum Gasteiger partial charge on any atom is -0.486 e. The summed E-state index contributed by atoms with van der Waals surface area (Å²) in [4.78, 5) is 15.2. The molecule has 206 valence electrons. The van der Waals surface area contributed by atoms with Crippen LogP contribution in [0.25, 0.3) is 11.1 Å². The van der Waals surface area contributed by atoms with Crippen LogP contribution in [0.1, 0.15) is 80.0 Å². The van der Waals surface area contributed by atoms with Crippen LogP contribution in [-0.2, 0) is 17.8 Å². The van der Waals surface area contributed by atoms with Crippen molar-refractivity contribution in [1.29, 1.82) is 0 Å². The third-order valence-corrected chi connectivity index (χ3v) is 8.37. The monoisotopic (exact) mass is 539 g/mol. The van der Waals surface area contributed by atoms with Gasteiger partial charge < -0.3 is 14.6 Å². The largest absolute Gasteiger partial charge is 0.486 e. The third kappa shape index (κ3) is 5.21. The van der Waals surface area contributed by atoms with E-state index in [2.05, 4.69) is 18.8 Å². The molecule has 3 aromatic rings. The van der Waals surface area contributed by atoms with Crippen LogP contribution >= 0.6 is 0 Å². The first-order valence-corrected chi connectivity index (χ1v) is 13.3. The van der Waals surface area contributed by atoms with Gasteiger partial charge in [0.1, 0.15) is 18.2 Å². The number of ether oxygens (including phenoxy) is 2. The van der Waals surface area contributed by atoms with Gasteiger partial charge in [0.2, 0.25) is 5.88 Å². The minimum atomic E-state index is -1.05. The number of carboxylic acids is 1. The second-order valence-electron chi connectivity index (χ2n) is 11.2. The fourth-order valence-corrected chi connectivity index (χ4v) is 6.36. The number of hydrogen-bond donors (Lipinski definition) is 1. The number of fused-ring (bicyclic) bond motifs is 1. The first-order valence-electron chi connectivity index (χ1n) is 13.3. The topological polar surface area (TPSA) is 68.7 Å². The summed E-state index contributed by atoms with van der Waals surface area (Å²) in [6.45, 7) is 4.38. The number of halogens is 3. The Morgan fingerprint density at radius 2 is 1.90 bits per heavy atom. The Balaban J connectivity index is 1.49. The van der Waals surface area contributed by atoms with Crippen LogP contribution in [0, 0.1) is 22.9 Å². The maximum Gasteiger partial charge on any atom is 0.303 e. The van der Waals surface area contributed by atoms with Gasteiger partial charge in [0, 0.05) is 23.3 Å². The molecule has 8 heteroatoms. The van der Waals surface area contributed by atoms with E-state index in [9.17, 15) is 18.7 Å². The van der Waals surface area contributed by atoms with Crippen LogP contribution in [0.15, 0.2) is 36.5 Å². The summed E-state index contributed by atoms with van der Waals surface area (Å²) in [6.07, 6.45) is 4.62. The molecule has 1 saturated carbocycles. The number of hydrogen-bond acceptors (Lipinski definition) is 4. The van der Waals surface area contributed by atoms with Gasteiger partial charge in [-0.25, -0.2) is 18.2 Å². The van der Waals surface area contributed by atoms with E-state index in [0.717, 1.165) is 48.2 Å². The van der Waals surface area contributed by atoms with Crippen LogP contribution in [0.3, 0.4) is 0 Å². The molecule has 1 aromatic heterocycles. The van der Waals surface area contributed by atoms with E-state index < -0.39 is 29.3 Å². The molecule has 2 aromatic carbocycles. The first-order chi connectivity index (χ1) is 18.6. The highest BCUT2D eigenvalue weighted by Gasteiger charge is 2.37. The Kier molecular flexibility index (Phi) is 7.31. The molecule has 0 bridgehead atoms. The zero-order valence-electron chi connectivity index (χ0n) is 22.3. The molecule has 39 heavy (non-hydrogen) atoms. The van der Waals surface area contributed by atoms with Crippen LogP contribution < -0.4 is 9.47 Å². The summed E-state index contributed by atoms with van der Waals surface area (Å²) in [7, 11) is 1.48. The summed E-state index contributed by atoms with van der Waals surface area (Å²) in [5.41, 5.74) is 3.17. The van der Waals surface area contributed by atoms with E-state index >= 15 is 4.39 Å². The lowest BCUT2D eigenvalue weighted by Crippen LogP contribution is -2.17. The maximum absolute atomic E-state index is 15.4. The molecule has 5 rings (SSSR count). The highest BCUT2D eigenvalue weighted by molar-refractivity contribution is 5.70. The quantitative estimate of drug-likeness (QED) is 0.320. The van der Waals surface area contributed by atoms with E-state index in [1.807, 2.05) is 12.1 Å². The predicted molar refractivity (Wildman–Crippen MR) is 141 cm³/mol. The van der Waals surface area contributed by atoms with Crippen molar-refractivity contribution < 1.29 is 32.5 Å². The average molecular weight is 540 g/mol. The number of aliphatic carboxylic acids is 1. The van der Waals surface area contributed by atoms with Gasteiger partial charge in [-0.15, -0.1) is 0 Å². The number of nitrogens with zero attached hydrogens (tertiary/aromatic N) is 1. The Hall–Kier alpha value is -3.55. The molecule has 1 fully saturated rings. The third-order valence-electron chi connectivity index (χ3n) is 8.37. The SMILES string of the molecule is COc1cc(-c2ccc(COc3cc(F)c4c(c3F)C(CC(=O)O)CC4)cc2C2CCCC2(C)C)c(F)cn1. The van der Waals surface area contributed by atoms with Crippen LogP contribution in [0.5, 0.6) is 11.6 Å². The first kappa shape index (κ1) is 27.0. The number of benzene rings is 2. The highest BCUT2D eigenvalue weighted by atomic mass is 19.1. The second-order valence-corrected chi connectivity index (χ2v) is 11.2. The van der Waals surface area contributed by atoms with Crippen molar-refractivity contribution >= 4 is 5.97 Å². The van der Waals surface area contributed by atoms with Crippen molar-refractivity contribution in [2.75, 3.05) is 7.11 Å². The van der Waals surface area contributed by atoms with Gasteiger partial charge in [-0.1, -0.05) is 38.5 Å². The molecule has 2 aliphatic rings. The number of methoxy groups -OCH3 is 1. The van der Waals surface area contributed by atoms with Gasteiger partial charge in [0.15, 0.2) is 11.6 Å². The minimum absolute atomic E-state index is 0.00377. The number of carboxylic acid groups (broad SMARTS) is 1. The zero-order valence-corrected chi connectivity index (χ0v) is 22.3. The van der Waals surface area contributed by atoms with Gasteiger partial charge in [-0.3, -0.25) is 4.79 Å². The summed E-state index contributed by atoms with van der Waals surface area (Å²) in [5.74, 6) is -3.13. The van der Waals surface area contributed by atoms with Gasteiger partial charge in [0.05, 0.1) is 19.7 Å². The van der Waals surface area contributed by atoms with E-state index in [1.54, 1.807) is 12.1 Å². The lowest BCUT2D eigenvalue weighted by molar-refractivity contribution is -0.137. The molecule has 5 nitrogen and oxygen atoms in total. The second kappa shape index (κ2) is 10.5. The molecule has 0 aliphatic heterocycles. The molecule has 0 radical (unpaired) electrons. The summed E-state index contributed by atoms with van der Waals surface area (Å²) in [5, 5.41) is 9.20. The van der Waals surface area contributed by atoms with Crippen LogP contribution in [-0.4, -0.2) is 23.2 Å². The van der Waals surface area contributed by atoms with E-state index in [1.165, 1.54) is 7.11 Å². The van der Waals surface area contributed by atoms with E-state index in [4.69, 9.17) is 9.47 Å². The Labute approximate surface area is 226 Å². The summed E-state index contributed by atoms with van der Waals surface area (Å²) >= 11 is 0. The molecular weight excluding hydrogens is 507 g/mol. The molecule has 2 atom stereocenters. The number of pyridine rings is 1. The van der Waals surface area contributed by atoms with Crippen molar-refractivity contribution in [3.05, 3.63) is 76.2 Å². The van der Waals surface area contributed by atoms with Gasteiger partial charge >= 0.3 is 5.97 Å². The standard InChI is InChI=1S/C31H32F3NO4/c1-31(2)10-4-5-23(31)21-11-17(6-8-19(21)22-13-27(38-3)35-15-25(22)33)16-39-26-14-24(32)20-9-7-18(12-28(36)37)29(20)30(26)34/h6,8,11,13-15,18,23H,4-5,7,9-10,12,16H2,1-3H3,(H,36,37). The number of carbonyl (C=O) groups is 1. The summed E-state index contributed by atoms with van der Waals surface area (Å²) in [6, 6.07) is 8.23. The van der Waals surface area contributed by atoms with Crippen molar-refractivity contribution in [2.24, 2.45) is 5.41 Å². The lowest BCUT2D eigenvalue weighted by Gasteiger charge is -2.30. The molecule has 0 spiro atoms. The molecule has 0 amide bonds. The van der Waals surface area contributed by atoms with Gasteiger partial charge in [0.25, 0.3) is 0 Å². The van der Waals surface area contributed by atoms with E-state index in [-0.39, 0.29) is 41.2 Å². The fourth-order valence-electron chi connectivity index (χ4n) is 6.36. The molecule has 2 unspecified atom stereocenters. The van der Waals surface area contributed by atoms with Crippen LogP contribution in [0.4, 0.5) is 13.2 Å². The van der Waals surface area contributed by atoms with Crippen molar-refractivity contribution in [2.45, 2.75) is 70.8 Å². The average Bonchev–Trinajstić information content (AvgIpc) is 3.48. The van der Waals surface area contributed by atoms with Gasteiger partial charge in [-0.05, 0) is 65.2 Å². The van der Waals surface area contributed by atoms with Crippen molar-refractivity contribution in [1.82, 2.24) is 4.98 Å². The molecular formula is C31H32F3NO4. The van der Waals surface area contributed by atoms with E-state index in [0.29, 0.717) is 24.3 Å². The lowest BCUT2D eigenvalue weighted by atomic mass is 9.75. The molecule has 1 N–H and O–H groups in total. The van der Waals surface area contributed by atoms with Crippen molar-refractivity contribution in [3.8, 4) is 22.8 Å². The van der Waals surface area contributed by atoms with Gasteiger partial charge in [-0.2, -0.15) is 0 Å². The number of rotatable bonds is 8. The maximum atomic E-state index is 15.4. The Morgan fingerprint density at radius 3 is 2.59 bits per heavy atom. The Morgan fingerprint density at radius 1 is 1.10 bits per heavy atom. The normalized spacial score (nSPS) is 19.6. The smallest absolute Gasteiger partial charge is 0.303 e. The molecule has 1 heterocycles. The van der Waals surface area contributed by atoms with Crippen LogP contribution in [0.2, 0.25) is 0 Å². The zero-order chi connectivity index (χ0) is 27.9. The molecule has 2 aliphatic carbocycles.